The van der Waals surface area contributed by atoms with Gasteiger partial charge in [0.15, 0.2) is 0 Å². The Labute approximate surface area is 162 Å². The van der Waals surface area contributed by atoms with Gasteiger partial charge in [0.25, 0.3) is 0 Å². The molecule has 3 aromatic rings. The van der Waals surface area contributed by atoms with Crippen LogP contribution in [0.2, 0.25) is 0 Å². The molecule has 140 valence electrons. The average Bonchev–Trinajstić information content (AvgIpc) is 3.11. The number of aliphatic imine (C=N–C) groups is 1. The van der Waals surface area contributed by atoms with Crippen LogP contribution in [0.25, 0.3) is 0 Å². The standard InChI is InChI=1S/C22H19FN4O/c1-14-8-16(6-7-24-14)22-20-13-25-19(9-17(20)12-27-22)10-21(28)26-11-15-2-4-18(23)5-3-15/h2-9,13H,10-12H2,1H3,(H,26,28). The fourth-order valence-corrected chi connectivity index (χ4v) is 3.21. The second-order valence-corrected chi connectivity index (χ2v) is 6.76. The fourth-order valence-electron chi connectivity index (χ4n) is 3.21. The number of pyridine rings is 2. The van der Waals surface area contributed by atoms with Crippen molar-refractivity contribution in [2.45, 2.75) is 26.4 Å². The molecule has 1 aliphatic rings. The van der Waals surface area contributed by atoms with Gasteiger partial charge < -0.3 is 5.32 Å². The summed E-state index contributed by atoms with van der Waals surface area (Å²) in [5.41, 5.74) is 6.51. The second-order valence-electron chi connectivity index (χ2n) is 6.76. The van der Waals surface area contributed by atoms with Crippen molar-refractivity contribution in [3.63, 3.8) is 0 Å². The summed E-state index contributed by atoms with van der Waals surface area (Å²) in [4.78, 5) is 25.5. The summed E-state index contributed by atoms with van der Waals surface area (Å²) in [7, 11) is 0. The molecule has 0 radical (unpaired) electrons. The molecule has 0 atom stereocenters. The zero-order valence-corrected chi connectivity index (χ0v) is 15.4. The van der Waals surface area contributed by atoms with Crippen LogP contribution in [0.3, 0.4) is 0 Å². The highest BCUT2D eigenvalue weighted by Crippen LogP contribution is 2.23. The average molecular weight is 374 g/mol. The highest BCUT2D eigenvalue weighted by molar-refractivity contribution is 6.15. The Morgan fingerprint density at radius 2 is 1.96 bits per heavy atom. The lowest BCUT2D eigenvalue weighted by molar-refractivity contribution is -0.120. The van der Waals surface area contributed by atoms with Crippen molar-refractivity contribution in [1.82, 2.24) is 15.3 Å². The molecule has 0 unspecified atom stereocenters. The topological polar surface area (TPSA) is 67.2 Å². The minimum atomic E-state index is -0.291. The first-order valence-electron chi connectivity index (χ1n) is 9.05. The predicted molar refractivity (Wildman–Crippen MR) is 105 cm³/mol. The highest BCUT2D eigenvalue weighted by atomic mass is 19.1. The van der Waals surface area contributed by atoms with Crippen LogP contribution in [-0.4, -0.2) is 21.6 Å². The van der Waals surface area contributed by atoms with Gasteiger partial charge in [-0.3, -0.25) is 19.8 Å². The molecule has 1 N–H and O–H groups in total. The molecular weight excluding hydrogens is 355 g/mol. The van der Waals surface area contributed by atoms with Gasteiger partial charge in [0, 0.05) is 35.8 Å². The Bertz CT molecular complexity index is 1060. The van der Waals surface area contributed by atoms with E-state index in [9.17, 15) is 9.18 Å². The zero-order chi connectivity index (χ0) is 19.5. The number of nitrogens with zero attached hydrogens (tertiary/aromatic N) is 3. The van der Waals surface area contributed by atoms with Gasteiger partial charge in [-0.2, -0.15) is 0 Å². The molecule has 3 heterocycles. The van der Waals surface area contributed by atoms with E-state index in [1.165, 1.54) is 12.1 Å². The van der Waals surface area contributed by atoms with E-state index in [1.54, 1.807) is 24.5 Å². The van der Waals surface area contributed by atoms with Gasteiger partial charge >= 0.3 is 0 Å². The zero-order valence-electron chi connectivity index (χ0n) is 15.4. The Balaban J connectivity index is 1.41. The third-order valence-corrected chi connectivity index (χ3v) is 4.62. The van der Waals surface area contributed by atoms with E-state index in [4.69, 9.17) is 0 Å². The quantitative estimate of drug-likeness (QED) is 0.746. The minimum Gasteiger partial charge on any atom is -0.352 e. The molecule has 0 aliphatic carbocycles. The second kappa shape index (κ2) is 7.68. The molecule has 6 heteroatoms. The number of halogens is 1. The summed E-state index contributed by atoms with van der Waals surface area (Å²) in [6.07, 6.45) is 3.76. The van der Waals surface area contributed by atoms with Crippen LogP contribution in [-0.2, 0) is 24.3 Å². The number of amides is 1. The smallest absolute Gasteiger partial charge is 0.226 e. The van der Waals surface area contributed by atoms with Gasteiger partial charge in [-0.15, -0.1) is 0 Å². The lowest BCUT2D eigenvalue weighted by Gasteiger charge is -2.08. The molecule has 1 amide bonds. The van der Waals surface area contributed by atoms with Gasteiger partial charge in [-0.1, -0.05) is 12.1 Å². The summed E-state index contributed by atoms with van der Waals surface area (Å²) in [5.74, 6) is -0.415. The van der Waals surface area contributed by atoms with Crippen molar-refractivity contribution < 1.29 is 9.18 Å². The molecule has 28 heavy (non-hydrogen) atoms. The van der Waals surface area contributed by atoms with Crippen LogP contribution in [0.5, 0.6) is 0 Å². The Kier molecular flexibility index (Phi) is 4.93. The van der Waals surface area contributed by atoms with Crippen molar-refractivity contribution in [1.29, 1.82) is 0 Å². The maximum absolute atomic E-state index is 12.9. The molecule has 0 bridgehead atoms. The lowest BCUT2D eigenvalue weighted by atomic mass is 10.0. The van der Waals surface area contributed by atoms with Crippen molar-refractivity contribution >= 4 is 11.6 Å². The van der Waals surface area contributed by atoms with Crippen LogP contribution in [0.1, 0.15) is 33.6 Å². The number of nitrogens with one attached hydrogen (secondary N) is 1. The van der Waals surface area contributed by atoms with E-state index in [2.05, 4.69) is 20.3 Å². The number of aryl methyl sites for hydroxylation is 1. The highest BCUT2D eigenvalue weighted by Gasteiger charge is 2.19. The SMILES string of the molecule is Cc1cc(C2=NCc3cc(CC(=O)NCc4ccc(F)cc4)ncc32)ccn1. The normalized spacial score (nSPS) is 12.4. The largest absolute Gasteiger partial charge is 0.352 e. The number of rotatable bonds is 5. The summed E-state index contributed by atoms with van der Waals surface area (Å²) in [6, 6.07) is 12.0. The van der Waals surface area contributed by atoms with Crippen LogP contribution in [0.4, 0.5) is 4.39 Å². The summed E-state index contributed by atoms with van der Waals surface area (Å²) >= 11 is 0. The first-order valence-corrected chi connectivity index (χ1v) is 9.05. The first-order chi connectivity index (χ1) is 13.6. The Morgan fingerprint density at radius 3 is 2.75 bits per heavy atom. The molecule has 2 aromatic heterocycles. The fraction of sp³-hybridized carbons (Fsp3) is 0.182. The van der Waals surface area contributed by atoms with E-state index in [0.29, 0.717) is 18.8 Å². The van der Waals surface area contributed by atoms with Crippen molar-refractivity contribution in [2.24, 2.45) is 4.99 Å². The summed E-state index contributed by atoms with van der Waals surface area (Å²) in [6.45, 7) is 2.89. The number of aromatic nitrogens is 2. The molecule has 0 saturated heterocycles. The molecular formula is C22H19FN4O. The predicted octanol–water partition coefficient (Wildman–Crippen LogP) is 3.13. The number of benzene rings is 1. The molecule has 5 nitrogen and oxygen atoms in total. The number of hydrogen-bond acceptors (Lipinski definition) is 4. The van der Waals surface area contributed by atoms with Crippen LogP contribution in [0, 0.1) is 12.7 Å². The third-order valence-electron chi connectivity index (χ3n) is 4.62. The number of carbonyl (C=O) groups is 1. The van der Waals surface area contributed by atoms with Gasteiger partial charge in [0.05, 0.1) is 24.4 Å². The third kappa shape index (κ3) is 3.96. The van der Waals surface area contributed by atoms with Gasteiger partial charge in [0.2, 0.25) is 5.91 Å². The van der Waals surface area contributed by atoms with E-state index in [1.807, 2.05) is 25.1 Å². The van der Waals surface area contributed by atoms with Gasteiger partial charge in [0.1, 0.15) is 5.82 Å². The molecule has 0 fully saturated rings. The molecule has 1 aliphatic heterocycles. The van der Waals surface area contributed by atoms with Crippen LogP contribution < -0.4 is 5.32 Å². The van der Waals surface area contributed by atoms with Crippen molar-refractivity contribution in [3.05, 3.63) is 94.3 Å². The Hall–Kier alpha value is -3.41. The Morgan fingerprint density at radius 1 is 1.14 bits per heavy atom. The lowest BCUT2D eigenvalue weighted by Crippen LogP contribution is -2.25. The maximum Gasteiger partial charge on any atom is 0.226 e. The minimum absolute atomic E-state index is 0.124. The number of hydrogen-bond donors (Lipinski definition) is 1. The monoisotopic (exact) mass is 374 g/mol. The summed E-state index contributed by atoms with van der Waals surface area (Å²) in [5, 5.41) is 2.84. The van der Waals surface area contributed by atoms with Gasteiger partial charge in [-0.25, -0.2) is 4.39 Å². The van der Waals surface area contributed by atoms with E-state index < -0.39 is 0 Å². The van der Waals surface area contributed by atoms with Crippen LogP contribution in [0.15, 0.2) is 59.9 Å². The molecule has 4 rings (SSSR count). The number of carbonyl (C=O) groups excluding carboxylic acids is 1. The maximum atomic E-state index is 12.9. The molecule has 0 spiro atoms. The van der Waals surface area contributed by atoms with Crippen molar-refractivity contribution in [2.75, 3.05) is 0 Å². The molecule has 1 aromatic carbocycles. The first kappa shape index (κ1) is 18.0. The van der Waals surface area contributed by atoms with E-state index in [0.717, 1.165) is 33.7 Å². The number of fused-ring (bicyclic) bond motifs is 1. The van der Waals surface area contributed by atoms with E-state index >= 15 is 0 Å². The van der Waals surface area contributed by atoms with Gasteiger partial charge in [-0.05, 0) is 48.4 Å². The van der Waals surface area contributed by atoms with Crippen LogP contribution >= 0.6 is 0 Å². The molecule has 0 saturated carbocycles. The summed E-state index contributed by atoms with van der Waals surface area (Å²) < 4.78 is 12.9. The van der Waals surface area contributed by atoms with Crippen molar-refractivity contribution in [3.8, 4) is 0 Å². The van der Waals surface area contributed by atoms with E-state index in [-0.39, 0.29) is 18.1 Å².